The first kappa shape index (κ1) is 22.3. The number of nitrogens with zero attached hydrogens (tertiary/aromatic N) is 4. The summed E-state index contributed by atoms with van der Waals surface area (Å²) in [4.78, 5) is 8.92. The van der Waals surface area contributed by atoms with Gasteiger partial charge in [-0.05, 0) is 74.5 Å². The third-order valence-corrected chi connectivity index (χ3v) is 7.63. The van der Waals surface area contributed by atoms with Gasteiger partial charge in [0.1, 0.15) is 18.1 Å². The number of epoxide rings is 1. The van der Waals surface area contributed by atoms with E-state index in [0.29, 0.717) is 24.5 Å². The van der Waals surface area contributed by atoms with Crippen LogP contribution in [0.3, 0.4) is 0 Å². The Morgan fingerprint density at radius 2 is 2.15 bits per heavy atom. The summed E-state index contributed by atoms with van der Waals surface area (Å²) in [6.07, 6.45) is 8.36. The molecule has 2 fully saturated rings. The first-order valence-corrected chi connectivity index (χ1v) is 12.0. The van der Waals surface area contributed by atoms with Crippen molar-refractivity contribution in [3.63, 3.8) is 0 Å². The number of hydrogen-bond donors (Lipinski definition) is 0. The Morgan fingerprint density at radius 1 is 1.33 bits per heavy atom. The summed E-state index contributed by atoms with van der Waals surface area (Å²) in [5.74, 6) is 1.77. The maximum atomic E-state index is 9.79. The predicted molar refractivity (Wildman–Crippen MR) is 130 cm³/mol. The lowest BCUT2D eigenvalue weighted by molar-refractivity contribution is 0.0249. The van der Waals surface area contributed by atoms with E-state index in [1.54, 1.807) is 0 Å². The van der Waals surface area contributed by atoms with Gasteiger partial charge >= 0.3 is 0 Å². The number of pyridine rings is 1. The second-order valence-corrected chi connectivity index (χ2v) is 10.6. The normalized spacial score (nSPS) is 30.1. The van der Waals surface area contributed by atoms with Crippen LogP contribution in [0.1, 0.15) is 32.3 Å². The minimum Gasteiger partial charge on any atom is -0.492 e. The van der Waals surface area contributed by atoms with Crippen molar-refractivity contribution in [3.05, 3.63) is 42.2 Å². The molecule has 2 saturated heterocycles. The Morgan fingerprint density at radius 3 is 2.91 bits per heavy atom. The van der Waals surface area contributed by atoms with Crippen LogP contribution in [0, 0.1) is 28.6 Å². The van der Waals surface area contributed by atoms with E-state index < -0.39 is 0 Å². The fraction of sp³-hybridized carbons (Fsp3) is 0.556. The number of likely N-dealkylation sites (tertiary alicyclic amines) is 1. The lowest BCUT2D eigenvalue weighted by Crippen LogP contribution is -2.51. The van der Waals surface area contributed by atoms with Crippen molar-refractivity contribution < 1.29 is 9.47 Å². The van der Waals surface area contributed by atoms with Crippen molar-refractivity contribution in [2.75, 3.05) is 40.3 Å². The highest BCUT2D eigenvalue weighted by atomic mass is 16.6. The summed E-state index contributed by atoms with van der Waals surface area (Å²) in [6, 6.07) is 8.97. The van der Waals surface area contributed by atoms with E-state index in [4.69, 9.17) is 9.47 Å². The van der Waals surface area contributed by atoms with Gasteiger partial charge in [0.25, 0.3) is 0 Å². The number of hydrogen-bond acceptors (Lipinski definition) is 6. The molecule has 1 aliphatic carbocycles. The van der Waals surface area contributed by atoms with Crippen LogP contribution in [-0.4, -0.2) is 67.5 Å². The Kier molecular flexibility index (Phi) is 5.90. The first-order chi connectivity index (χ1) is 15.9. The molecule has 0 N–H and O–H groups in total. The molecule has 0 saturated carbocycles. The third kappa shape index (κ3) is 4.50. The van der Waals surface area contributed by atoms with Crippen LogP contribution in [0.5, 0.6) is 5.75 Å². The van der Waals surface area contributed by atoms with Gasteiger partial charge in [-0.1, -0.05) is 13.0 Å². The highest BCUT2D eigenvalue weighted by Crippen LogP contribution is 2.44. The molecule has 3 heterocycles. The molecule has 0 bridgehead atoms. The molecular weight excluding hydrogens is 412 g/mol. The van der Waals surface area contributed by atoms with Crippen LogP contribution < -0.4 is 4.74 Å². The molecule has 6 heteroatoms. The van der Waals surface area contributed by atoms with Gasteiger partial charge in [0.05, 0.1) is 18.1 Å². The van der Waals surface area contributed by atoms with E-state index in [0.717, 1.165) is 54.6 Å². The fourth-order valence-corrected chi connectivity index (χ4v) is 5.14. The average molecular weight is 447 g/mol. The van der Waals surface area contributed by atoms with Gasteiger partial charge in [-0.2, -0.15) is 5.26 Å². The van der Waals surface area contributed by atoms with Gasteiger partial charge in [-0.15, -0.1) is 0 Å². The number of aromatic nitrogens is 1. The average Bonchev–Trinajstić information content (AvgIpc) is 3.51. The van der Waals surface area contributed by atoms with Gasteiger partial charge in [0.15, 0.2) is 0 Å². The molecule has 174 valence electrons. The van der Waals surface area contributed by atoms with Gasteiger partial charge in [0.2, 0.25) is 0 Å². The summed E-state index contributed by atoms with van der Waals surface area (Å²) >= 11 is 0. The van der Waals surface area contributed by atoms with Gasteiger partial charge in [0, 0.05) is 43.3 Å². The maximum absolute atomic E-state index is 9.79. The second-order valence-electron chi connectivity index (χ2n) is 10.6. The van der Waals surface area contributed by atoms with Crippen molar-refractivity contribution in [3.8, 4) is 11.8 Å². The van der Waals surface area contributed by atoms with Crippen LogP contribution >= 0.6 is 0 Å². The number of rotatable bonds is 7. The van der Waals surface area contributed by atoms with Crippen LogP contribution in [-0.2, 0) is 4.74 Å². The first-order valence-electron chi connectivity index (χ1n) is 12.0. The Balaban J connectivity index is 1.28. The van der Waals surface area contributed by atoms with E-state index in [9.17, 15) is 5.26 Å². The molecule has 2 aliphatic heterocycles. The molecule has 1 aromatic heterocycles. The van der Waals surface area contributed by atoms with Gasteiger partial charge in [-0.25, -0.2) is 0 Å². The van der Waals surface area contributed by atoms with Crippen molar-refractivity contribution in [1.29, 1.82) is 5.26 Å². The van der Waals surface area contributed by atoms with Crippen LogP contribution in [0.15, 0.2) is 36.7 Å². The molecule has 2 aromatic rings. The lowest BCUT2D eigenvalue weighted by atomic mass is 9.68. The zero-order valence-corrected chi connectivity index (χ0v) is 20.1. The van der Waals surface area contributed by atoms with Gasteiger partial charge in [-0.3, -0.25) is 9.88 Å². The van der Waals surface area contributed by atoms with Crippen molar-refractivity contribution >= 4 is 16.3 Å². The molecule has 1 aromatic carbocycles. The largest absolute Gasteiger partial charge is 0.492 e. The smallest absolute Gasteiger partial charge is 0.139 e. The standard InChI is InChI=1S/C27H34N4O2/c1-18-5-6-21(11-27(18,2)17-28)22-9-20-7-8-29-12-23(20)24(10-22)32-16-19-13-31(14-19)26-25(33-26)15-30(3)4/h6-10,12,18-19,25-26H,5,11,13-16H2,1-4H3. The van der Waals surface area contributed by atoms with E-state index >= 15 is 0 Å². The SMILES string of the molecule is CC1CC=C(c2cc(OCC3CN(C4OC4CN(C)C)C3)c3cnccc3c2)CC1(C)C#N. The van der Waals surface area contributed by atoms with Crippen LogP contribution in [0.2, 0.25) is 0 Å². The van der Waals surface area contributed by atoms with Crippen molar-refractivity contribution in [2.24, 2.45) is 17.3 Å². The number of fused-ring (bicyclic) bond motifs is 1. The van der Waals surface area contributed by atoms with Crippen molar-refractivity contribution in [2.45, 2.75) is 39.0 Å². The summed E-state index contributed by atoms with van der Waals surface area (Å²) in [7, 11) is 4.17. The molecule has 0 spiro atoms. The third-order valence-electron chi connectivity index (χ3n) is 7.63. The fourth-order valence-electron chi connectivity index (χ4n) is 5.14. The number of likely N-dealkylation sites (N-methyl/N-ethyl adjacent to an activating group) is 1. The molecule has 4 unspecified atom stereocenters. The molecule has 4 atom stereocenters. The monoisotopic (exact) mass is 446 g/mol. The maximum Gasteiger partial charge on any atom is 0.139 e. The Hall–Kier alpha value is -2.46. The number of ether oxygens (including phenoxy) is 2. The zero-order chi connectivity index (χ0) is 23.2. The van der Waals surface area contributed by atoms with Crippen molar-refractivity contribution in [1.82, 2.24) is 14.8 Å². The summed E-state index contributed by atoms with van der Waals surface area (Å²) in [5.41, 5.74) is 2.07. The van der Waals surface area contributed by atoms with Crippen LogP contribution in [0.4, 0.5) is 0 Å². The molecule has 0 amide bonds. The molecule has 3 aliphatic rings. The van der Waals surface area contributed by atoms with E-state index in [2.05, 4.69) is 67.0 Å². The quantitative estimate of drug-likeness (QED) is 0.595. The number of allylic oxidation sites excluding steroid dienone is 2. The Labute approximate surface area is 196 Å². The summed E-state index contributed by atoms with van der Waals surface area (Å²) < 4.78 is 12.2. The Bertz CT molecular complexity index is 1100. The molecule has 33 heavy (non-hydrogen) atoms. The topological polar surface area (TPSA) is 64.9 Å². The zero-order valence-electron chi connectivity index (χ0n) is 20.1. The molecule has 6 nitrogen and oxygen atoms in total. The van der Waals surface area contributed by atoms with E-state index in [-0.39, 0.29) is 11.6 Å². The summed E-state index contributed by atoms with van der Waals surface area (Å²) in [5, 5.41) is 12.0. The molecule has 5 rings (SSSR count). The lowest BCUT2D eigenvalue weighted by Gasteiger charge is -2.38. The van der Waals surface area contributed by atoms with Crippen LogP contribution in [0.25, 0.3) is 16.3 Å². The molecule has 0 radical (unpaired) electrons. The minimum absolute atomic E-state index is 0.284. The number of nitriles is 1. The predicted octanol–water partition coefficient (Wildman–Crippen LogP) is 4.18. The highest BCUT2D eigenvalue weighted by Gasteiger charge is 2.48. The number of benzene rings is 1. The van der Waals surface area contributed by atoms with Gasteiger partial charge < -0.3 is 14.4 Å². The molecular formula is C27H34N4O2. The minimum atomic E-state index is -0.330. The second kappa shape index (κ2) is 8.72. The van der Waals surface area contributed by atoms with E-state index in [1.165, 1.54) is 5.57 Å². The van der Waals surface area contributed by atoms with E-state index in [1.807, 2.05) is 18.5 Å². The summed E-state index contributed by atoms with van der Waals surface area (Å²) in [6.45, 7) is 7.98. The highest BCUT2D eigenvalue weighted by molar-refractivity contribution is 5.91.